The van der Waals surface area contributed by atoms with Gasteiger partial charge < -0.3 is 0 Å². The van der Waals surface area contributed by atoms with Crippen molar-refractivity contribution in [2.75, 3.05) is 0 Å². The average Bonchev–Trinajstić information content (AvgIpc) is 2.66. The van der Waals surface area contributed by atoms with Crippen molar-refractivity contribution in [3.63, 3.8) is 0 Å². The third-order valence-electron chi connectivity index (χ3n) is 2.15. The van der Waals surface area contributed by atoms with Gasteiger partial charge in [0, 0.05) is 14.9 Å². The van der Waals surface area contributed by atoms with Crippen molar-refractivity contribution >= 4 is 44.7 Å². The van der Waals surface area contributed by atoms with Gasteiger partial charge in [0.25, 0.3) is 0 Å². The van der Waals surface area contributed by atoms with Crippen LogP contribution in [0.4, 0.5) is 0 Å². The SMILES string of the molecule is CC(=O)c1ccc(-c2ccc(Br)cc2Cl)s1. The molecule has 0 saturated carbocycles. The molecule has 0 radical (unpaired) electrons. The topological polar surface area (TPSA) is 17.1 Å². The summed E-state index contributed by atoms with van der Waals surface area (Å²) < 4.78 is 0.949. The normalized spacial score (nSPS) is 10.4. The van der Waals surface area contributed by atoms with E-state index in [9.17, 15) is 4.79 Å². The van der Waals surface area contributed by atoms with E-state index in [1.165, 1.54) is 11.3 Å². The Kier molecular flexibility index (Phi) is 3.47. The second-order valence-corrected chi connectivity index (χ2v) is 5.75. The number of thiophene rings is 1. The summed E-state index contributed by atoms with van der Waals surface area (Å²) in [6.45, 7) is 1.57. The molecule has 0 aliphatic heterocycles. The molecule has 0 N–H and O–H groups in total. The molecular formula is C12H8BrClOS. The van der Waals surface area contributed by atoms with Gasteiger partial charge in [-0.1, -0.05) is 33.6 Å². The van der Waals surface area contributed by atoms with Crippen molar-refractivity contribution in [3.8, 4) is 10.4 Å². The molecule has 2 rings (SSSR count). The smallest absolute Gasteiger partial charge is 0.169 e. The molecule has 1 aromatic heterocycles. The summed E-state index contributed by atoms with van der Waals surface area (Å²) in [5.41, 5.74) is 0.961. The fourth-order valence-electron chi connectivity index (χ4n) is 1.36. The highest BCUT2D eigenvalue weighted by molar-refractivity contribution is 9.10. The lowest BCUT2D eigenvalue weighted by Crippen LogP contribution is -1.83. The Morgan fingerprint density at radius 2 is 2.06 bits per heavy atom. The monoisotopic (exact) mass is 314 g/mol. The lowest BCUT2D eigenvalue weighted by molar-refractivity contribution is 0.102. The van der Waals surface area contributed by atoms with Gasteiger partial charge in [-0.2, -0.15) is 0 Å². The van der Waals surface area contributed by atoms with E-state index < -0.39 is 0 Å². The van der Waals surface area contributed by atoms with Gasteiger partial charge in [0.05, 0.1) is 9.90 Å². The predicted molar refractivity (Wildman–Crippen MR) is 72.5 cm³/mol. The molecule has 0 aliphatic carbocycles. The summed E-state index contributed by atoms with van der Waals surface area (Å²) in [7, 11) is 0. The number of benzene rings is 1. The maximum absolute atomic E-state index is 11.2. The number of rotatable bonds is 2. The second-order valence-electron chi connectivity index (χ2n) is 3.34. The first-order valence-corrected chi connectivity index (χ1v) is 6.63. The summed E-state index contributed by atoms with van der Waals surface area (Å²) in [5.74, 6) is 0.0875. The van der Waals surface area contributed by atoms with E-state index in [1.807, 2.05) is 30.3 Å². The summed E-state index contributed by atoms with van der Waals surface area (Å²) in [4.78, 5) is 13.0. The Morgan fingerprint density at radius 3 is 2.62 bits per heavy atom. The van der Waals surface area contributed by atoms with Crippen LogP contribution in [-0.4, -0.2) is 5.78 Å². The first kappa shape index (κ1) is 11.8. The zero-order chi connectivity index (χ0) is 11.7. The molecule has 0 aliphatic rings. The number of hydrogen-bond acceptors (Lipinski definition) is 2. The Hall–Kier alpha value is -0.640. The van der Waals surface area contributed by atoms with Crippen LogP contribution in [0.2, 0.25) is 5.02 Å². The van der Waals surface area contributed by atoms with Crippen LogP contribution in [0.15, 0.2) is 34.8 Å². The Balaban J connectivity index is 2.46. The molecule has 4 heteroatoms. The fourth-order valence-corrected chi connectivity index (χ4v) is 3.13. The van der Waals surface area contributed by atoms with E-state index in [4.69, 9.17) is 11.6 Å². The molecule has 0 atom stereocenters. The van der Waals surface area contributed by atoms with Gasteiger partial charge in [-0.15, -0.1) is 11.3 Å². The molecule has 0 bridgehead atoms. The first-order chi connectivity index (χ1) is 7.58. The lowest BCUT2D eigenvalue weighted by Gasteiger charge is -2.01. The van der Waals surface area contributed by atoms with Gasteiger partial charge in [-0.05, 0) is 31.2 Å². The third-order valence-corrected chi connectivity index (χ3v) is 4.17. The molecular weight excluding hydrogens is 308 g/mol. The highest BCUT2D eigenvalue weighted by atomic mass is 79.9. The van der Waals surface area contributed by atoms with Crippen molar-refractivity contribution in [2.24, 2.45) is 0 Å². The van der Waals surface area contributed by atoms with Crippen molar-refractivity contribution in [1.82, 2.24) is 0 Å². The van der Waals surface area contributed by atoms with E-state index in [-0.39, 0.29) is 5.78 Å². The molecule has 1 heterocycles. The molecule has 0 unspecified atom stereocenters. The summed E-state index contributed by atoms with van der Waals surface area (Å²) in [5, 5.41) is 0.686. The molecule has 1 aromatic carbocycles. The minimum atomic E-state index is 0.0875. The summed E-state index contributed by atoms with van der Waals surface area (Å²) in [6, 6.07) is 9.50. The zero-order valence-electron chi connectivity index (χ0n) is 8.46. The molecule has 1 nitrogen and oxygen atoms in total. The van der Waals surface area contributed by atoms with Gasteiger partial charge in [-0.3, -0.25) is 4.79 Å². The molecule has 0 amide bonds. The Morgan fingerprint density at radius 1 is 1.31 bits per heavy atom. The van der Waals surface area contributed by atoms with Crippen LogP contribution in [0.25, 0.3) is 10.4 Å². The van der Waals surface area contributed by atoms with Gasteiger partial charge in [0.2, 0.25) is 0 Å². The highest BCUT2D eigenvalue weighted by Gasteiger charge is 2.09. The fraction of sp³-hybridized carbons (Fsp3) is 0.0833. The Bertz CT molecular complexity index is 548. The standard InChI is InChI=1S/C12H8BrClOS/c1-7(15)11-4-5-12(16-11)9-3-2-8(13)6-10(9)14/h2-6H,1H3. The molecule has 16 heavy (non-hydrogen) atoms. The number of carbonyl (C=O) groups is 1. The van der Waals surface area contributed by atoms with Crippen molar-refractivity contribution in [3.05, 3.63) is 44.7 Å². The Labute approximate surface area is 111 Å². The van der Waals surface area contributed by atoms with Crippen LogP contribution in [0.5, 0.6) is 0 Å². The van der Waals surface area contributed by atoms with Crippen molar-refractivity contribution < 1.29 is 4.79 Å². The quantitative estimate of drug-likeness (QED) is 0.710. The predicted octanol–water partition coefficient (Wildman–Crippen LogP) is 5.03. The minimum absolute atomic E-state index is 0.0875. The van der Waals surface area contributed by atoms with Crippen LogP contribution < -0.4 is 0 Å². The average molecular weight is 316 g/mol. The number of ketones is 1. The van der Waals surface area contributed by atoms with Gasteiger partial charge in [0.1, 0.15) is 0 Å². The number of hydrogen-bond donors (Lipinski definition) is 0. The van der Waals surface area contributed by atoms with E-state index >= 15 is 0 Å². The molecule has 0 fully saturated rings. The number of Topliss-reactive ketones (excluding diaryl/α,β-unsaturated/α-hetero) is 1. The first-order valence-electron chi connectivity index (χ1n) is 4.64. The summed E-state index contributed by atoms with van der Waals surface area (Å²) >= 11 is 11.0. The highest BCUT2D eigenvalue weighted by Crippen LogP contribution is 2.34. The van der Waals surface area contributed by atoms with Crippen molar-refractivity contribution in [1.29, 1.82) is 0 Å². The van der Waals surface area contributed by atoms with E-state index in [0.717, 1.165) is 19.8 Å². The third kappa shape index (κ3) is 2.37. The second kappa shape index (κ2) is 4.70. The number of halogens is 2. The molecule has 0 saturated heterocycles. The summed E-state index contributed by atoms with van der Waals surface area (Å²) in [6.07, 6.45) is 0. The van der Waals surface area contributed by atoms with Gasteiger partial charge >= 0.3 is 0 Å². The zero-order valence-corrected chi connectivity index (χ0v) is 11.6. The van der Waals surface area contributed by atoms with Gasteiger partial charge in [-0.25, -0.2) is 0 Å². The van der Waals surface area contributed by atoms with Crippen LogP contribution in [0.1, 0.15) is 16.6 Å². The van der Waals surface area contributed by atoms with E-state index in [1.54, 1.807) is 6.92 Å². The van der Waals surface area contributed by atoms with Crippen LogP contribution in [0.3, 0.4) is 0 Å². The molecule has 82 valence electrons. The maximum atomic E-state index is 11.2. The van der Waals surface area contributed by atoms with Crippen molar-refractivity contribution in [2.45, 2.75) is 6.92 Å². The molecule has 0 spiro atoms. The largest absolute Gasteiger partial charge is 0.294 e. The van der Waals surface area contributed by atoms with Gasteiger partial charge in [0.15, 0.2) is 5.78 Å². The van der Waals surface area contributed by atoms with Crippen LogP contribution in [-0.2, 0) is 0 Å². The minimum Gasteiger partial charge on any atom is -0.294 e. The van der Waals surface area contributed by atoms with E-state index in [0.29, 0.717) is 5.02 Å². The maximum Gasteiger partial charge on any atom is 0.169 e. The molecule has 2 aromatic rings. The van der Waals surface area contributed by atoms with Crippen LogP contribution >= 0.6 is 38.9 Å². The lowest BCUT2D eigenvalue weighted by atomic mass is 10.2. The van der Waals surface area contributed by atoms with Crippen LogP contribution in [0, 0.1) is 0 Å². The number of carbonyl (C=O) groups excluding carboxylic acids is 1. The van der Waals surface area contributed by atoms with E-state index in [2.05, 4.69) is 15.9 Å².